The third kappa shape index (κ3) is 4.83. The van der Waals surface area contributed by atoms with Crippen LogP contribution in [-0.2, 0) is 11.2 Å². The molecule has 3 aromatic rings. The second kappa shape index (κ2) is 11.0. The second-order valence-corrected chi connectivity index (χ2v) is 10.1. The van der Waals surface area contributed by atoms with Gasteiger partial charge in [-0.1, -0.05) is 0 Å². The molecule has 1 aliphatic rings. The van der Waals surface area contributed by atoms with Crippen molar-refractivity contribution in [3.8, 4) is 28.7 Å². The predicted molar refractivity (Wildman–Crippen MR) is 133 cm³/mol. The van der Waals surface area contributed by atoms with Crippen LogP contribution in [0.15, 0.2) is 54.6 Å². The minimum atomic E-state index is -0.376. The van der Waals surface area contributed by atoms with Crippen LogP contribution in [0.3, 0.4) is 0 Å². The molecule has 0 aromatic heterocycles. The first-order chi connectivity index (χ1) is 16.6. The Bertz CT molecular complexity index is 1120. The van der Waals surface area contributed by atoms with Crippen molar-refractivity contribution in [3.05, 3.63) is 71.3 Å². The average Bonchev–Trinajstić information content (AvgIpc) is 2.90. The summed E-state index contributed by atoms with van der Waals surface area (Å²) in [5, 5.41) is 0.927. The van der Waals surface area contributed by atoms with Crippen molar-refractivity contribution >= 4 is 19.4 Å². The number of rotatable bonds is 9. The van der Waals surface area contributed by atoms with E-state index >= 15 is 0 Å². The fourth-order valence-electron chi connectivity index (χ4n) is 4.31. The average molecular weight is 529 g/mol. The number of ether oxygens (including phenoxy) is 6. The zero-order valence-corrected chi connectivity index (χ0v) is 21.8. The van der Waals surface area contributed by atoms with Crippen LogP contribution in [0, 0.1) is 0 Å². The molecule has 1 aliphatic heterocycles. The van der Waals surface area contributed by atoms with Gasteiger partial charge in [0, 0.05) is 0 Å². The third-order valence-corrected chi connectivity index (χ3v) is 8.31. The van der Waals surface area contributed by atoms with E-state index in [2.05, 4.69) is 24.3 Å². The Morgan fingerprint density at radius 1 is 0.765 bits per heavy atom. The van der Waals surface area contributed by atoms with Crippen LogP contribution in [0.2, 0.25) is 5.32 Å². The van der Waals surface area contributed by atoms with E-state index in [1.165, 1.54) is 4.46 Å². The summed E-state index contributed by atoms with van der Waals surface area (Å²) in [6.45, 7) is 0. The standard InChI is InChI=1S/C27H30O6Se/c1-28-17-11-12-23(29-2)22(13-17)25-21-15-24(30-3)27(32-5)26(31-4)20(21)14-18(33-25)16-34-19-9-7-6-8-10-19/h6-13,15,18,25H,14,16H2,1-5H3. The number of hydrogen-bond acceptors (Lipinski definition) is 6. The van der Waals surface area contributed by atoms with E-state index in [4.69, 9.17) is 28.4 Å². The summed E-state index contributed by atoms with van der Waals surface area (Å²) in [4.78, 5) is 0. The van der Waals surface area contributed by atoms with Gasteiger partial charge in [-0.2, -0.15) is 0 Å². The summed E-state index contributed by atoms with van der Waals surface area (Å²) < 4.78 is 36.5. The Hall–Kier alpha value is -2.86. The van der Waals surface area contributed by atoms with Crippen molar-refractivity contribution in [1.29, 1.82) is 0 Å². The van der Waals surface area contributed by atoms with Gasteiger partial charge in [-0.15, -0.1) is 0 Å². The van der Waals surface area contributed by atoms with Crippen LogP contribution in [-0.4, -0.2) is 56.6 Å². The Kier molecular flexibility index (Phi) is 7.88. The van der Waals surface area contributed by atoms with Crippen LogP contribution in [0.4, 0.5) is 0 Å². The van der Waals surface area contributed by atoms with Crippen LogP contribution in [0.1, 0.15) is 22.8 Å². The molecule has 0 amide bonds. The maximum atomic E-state index is 6.76. The van der Waals surface area contributed by atoms with Crippen molar-refractivity contribution in [2.24, 2.45) is 0 Å². The Morgan fingerprint density at radius 2 is 1.50 bits per heavy atom. The molecule has 0 spiro atoms. The monoisotopic (exact) mass is 530 g/mol. The fraction of sp³-hybridized carbons (Fsp3) is 0.333. The molecular formula is C27H30O6Se. The van der Waals surface area contributed by atoms with E-state index in [1.54, 1.807) is 35.5 Å². The zero-order chi connectivity index (χ0) is 24.1. The quantitative estimate of drug-likeness (QED) is 0.388. The number of benzene rings is 3. The predicted octanol–water partition coefficient (Wildman–Crippen LogP) is 4.21. The molecule has 4 rings (SSSR count). The van der Waals surface area contributed by atoms with Crippen LogP contribution >= 0.6 is 0 Å². The first kappa shape index (κ1) is 24.3. The molecule has 6 nitrogen and oxygen atoms in total. The summed E-state index contributed by atoms with van der Waals surface area (Å²) in [5.74, 6) is 3.35. The topological polar surface area (TPSA) is 55.4 Å². The van der Waals surface area contributed by atoms with Gasteiger partial charge < -0.3 is 0 Å². The summed E-state index contributed by atoms with van der Waals surface area (Å²) in [5.41, 5.74) is 2.94. The van der Waals surface area contributed by atoms with Gasteiger partial charge in [0.15, 0.2) is 0 Å². The maximum absolute atomic E-state index is 6.76. The Balaban J connectivity index is 1.82. The van der Waals surface area contributed by atoms with Gasteiger partial charge in [0.2, 0.25) is 0 Å². The van der Waals surface area contributed by atoms with E-state index in [0.29, 0.717) is 17.2 Å². The number of methoxy groups -OCH3 is 5. The first-order valence-corrected chi connectivity index (χ1v) is 13.1. The Morgan fingerprint density at radius 3 is 2.15 bits per heavy atom. The molecule has 34 heavy (non-hydrogen) atoms. The molecule has 0 saturated heterocycles. The second-order valence-electron chi connectivity index (χ2n) is 7.79. The van der Waals surface area contributed by atoms with Crippen molar-refractivity contribution in [2.45, 2.75) is 23.9 Å². The fourth-order valence-corrected chi connectivity index (χ4v) is 6.25. The van der Waals surface area contributed by atoms with E-state index in [-0.39, 0.29) is 27.2 Å². The van der Waals surface area contributed by atoms with Crippen molar-refractivity contribution in [1.82, 2.24) is 0 Å². The molecular weight excluding hydrogens is 499 g/mol. The van der Waals surface area contributed by atoms with E-state index < -0.39 is 0 Å². The summed E-state index contributed by atoms with van der Waals surface area (Å²) in [6, 6.07) is 18.3. The molecule has 0 fully saturated rings. The summed E-state index contributed by atoms with van der Waals surface area (Å²) in [7, 11) is 8.24. The molecule has 0 radical (unpaired) electrons. The normalized spacial score (nSPS) is 17.0. The van der Waals surface area contributed by atoms with Gasteiger partial charge in [-0.3, -0.25) is 0 Å². The molecule has 0 N–H and O–H groups in total. The summed E-state index contributed by atoms with van der Waals surface area (Å²) in [6.07, 6.45) is 0.343. The van der Waals surface area contributed by atoms with E-state index in [1.807, 2.05) is 30.3 Å². The molecule has 2 atom stereocenters. The molecule has 3 aromatic carbocycles. The van der Waals surface area contributed by atoms with Gasteiger partial charge in [-0.25, -0.2) is 0 Å². The van der Waals surface area contributed by atoms with Crippen molar-refractivity contribution < 1.29 is 28.4 Å². The molecule has 0 aliphatic carbocycles. The van der Waals surface area contributed by atoms with Crippen LogP contribution in [0.25, 0.3) is 0 Å². The molecule has 180 valence electrons. The van der Waals surface area contributed by atoms with E-state index in [9.17, 15) is 0 Å². The van der Waals surface area contributed by atoms with Gasteiger partial charge in [-0.05, 0) is 0 Å². The molecule has 1 heterocycles. The van der Waals surface area contributed by atoms with Gasteiger partial charge in [0.25, 0.3) is 0 Å². The minimum absolute atomic E-state index is 0.000569. The number of hydrogen-bond donors (Lipinski definition) is 0. The molecule has 2 unspecified atom stereocenters. The van der Waals surface area contributed by atoms with Crippen molar-refractivity contribution in [2.75, 3.05) is 35.5 Å². The first-order valence-electron chi connectivity index (χ1n) is 11.0. The molecule has 0 bridgehead atoms. The van der Waals surface area contributed by atoms with Crippen LogP contribution in [0.5, 0.6) is 28.7 Å². The SMILES string of the molecule is COc1ccc(OC)c(C2OC(C[Se]c3ccccc3)Cc3c2cc(OC)c(OC)c3OC)c1. The van der Waals surface area contributed by atoms with Gasteiger partial charge >= 0.3 is 207 Å². The summed E-state index contributed by atoms with van der Waals surface area (Å²) >= 11 is 0.274. The molecule has 7 heteroatoms. The molecule has 0 saturated carbocycles. The van der Waals surface area contributed by atoms with Crippen molar-refractivity contribution in [3.63, 3.8) is 0 Å². The third-order valence-electron chi connectivity index (χ3n) is 5.91. The van der Waals surface area contributed by atoms with E-state index in [0.717, 1.165) is 39.9 Å². The van der Waals surface area contributed by atoms with Gasteiger partial charge in [0.1, 0.15) is 0 Å². The Labute approximate surface area is 207 Å². The zero-order valence-electron chi connectivity index (χ0n) is 20.1. The van der Waals surface area contributed by atoms with Gasteiger partial charge in [0.05, 0.1) is 0 Å². The number of fused-ring (bicyclic) bond motifs is 1. The van der Waals surface area contributed by atoms with Crippen LogP contribution < -0.4 is 28.1 Å².